The highest BCUT2D eigenvalue weighted by Crippen LogP contribution is 2.27. The first kappa shape index (κ1) is 12.2. The van der Waals surface area contributed by atoms with Crippen LogP contribution in [0.1, 0.15) is 12.0 Å². The fourth-order valence-corrected chi connectivity index (χ4v) is 2.51. The molecule has 1 heterocycles. The van der Waals surface area contributed by atoms with Crippen molar-refractivity contribution >= 4 is 11.4 Å². The second-order valence-corrected chi connectivity index (χ2v) is 5.09. The molecule has 0 bridgehead atoms. The van der Waals surface area contributed by atoms with Gasteiger partial charge in [0.15, 0.2) is 0 Å². The molecule has 1 aromatic rings. The Hall–Kier alpha value is -1.22. The fraction of sp³-hybridized carbons (Fsp3) is 0.571. The van der Waals surface area contributed by atoms with Crippen LogP contribution in [0.4, 0.5) is 11.4 Å². The fourth-order valence-electron chi connectivity index (χ4n) is 2.51. The highest BCUT2D eigenvalue weighted by Gasteiger charge is 2.21. The molecule has 1 fully saturated rings. The van der Waals surface area contributed by atoms with Gasteiger partial charge in [-0.3, -0.25) is 0 Å². The second-order valence-electron chi connectivity index (χ2n) is 5.09. The lowest BCUT2D eigenvalue weighted by molar-refractivity contribution is 0.617. The zero-order valence-electron chi connectivity index (χ0n) is 11.3. The molecule has 94 valence electrons. The minimum absolute atomic E-state index is 0.638. The van der Waals surface area contributed by atoms with E-state index in [1.807, 2.05) is 0 Å². The Morgan fingerprint density at radius 1 is 1.35 bits per heavy atom. The molecule has 1 saturated heterocycles. The van der Waals surface area contributed by atoms with Gasteiger partial charge in [-0.15, -0.1) is 0 Å². The van der Waals surface area contributed by atoms with Crippen LogP contribution >= 0.6 is 0 Å². The van der Waals surface area contributed by atoms with E-state index in [4.69, 9.17) is 0 Å². The van der Waals surface area contributed by atoms with Crippen LogP contribution in [0.2, 0.25) is 0 Å². The molecule has 2 rings (SSSR count). The number of hydrogen-bond acceptors (Lipinski definition) is 3. The maximum atomic E-state index is 3.36. The van der Waals surface area contributed by atoms with E-state index in [1.54, 1.807) is 0 Å². The van der Waals surface area contributed by atoms with Gasteiger partial charge in [0.05, 0.1) is 0 Å². The van der Waals surface area contributed by atoms with Gasteiger partial charge in [-0.25, -0.2) is 0 Å². The summed E-state index contributed by atoms with van der Waals surface area (Å²) in [7, 11) is 6.26. The summed E-state index contributed by atoms with van der Waals surface area (Å²) in [5.74, 6) is 0. The molecule has 0 radical (unpaired) electrons. The lowest BCUT2D eigenvalue weighted by atomic mass is 10.1. The van der Waals surface area contributed by atoms with Crippen LogP contribution in [0.15, 0.2) is 18.2 Å². The summed E-state index contributed by atoms with van der Waals surface area (Å²) in [5, 5.41) is 3.36. The molecule has 1 N–H and O–H groups in total. The monoisotopic (exact) mass is 233 g/mol. The molecule has 17 heavy (non-hydrogen) atoms. The normalized spacial score (nSPS) is 19.8. The molecule has 1 aliphatic heterocycles. The van der Waals surface area contributed by atoms with Crippen LogP contribution in [0.3, 0.4) is 0 Å². The Bertz CT molecular complexity index is 387. The van der Waals surface area contributed by atoms with Crippen molar-refractivity contribution in [1.82, 2.24) is 5.32 Å². The topological polar surface area (TPSA) is 18.5 Å². The third kappa shape index (κ3) is 2.55. The van der Waals surface area contributed by atoms with Gasteiger partial charge in [0.2, 0.25) is 0 Å². The number of rotatable bonds is 3. The van der Waals surface area contributed by atoms with E-state index in [0.717, 1.165) is 13.1 Å². The van der Waals surface area contributed by atoms with E-state index in [0.29, 0.717) is 6.04 Å². The van der Waals surface area contributed by atoms with Gasteiger partial charge >= 0.3 is 0 Å². The summed E-state index contributed by atoms with van der Waals surface area (Å²) in [6.45, 7) is 4.44. The summed E-state index contributed by atoms with van der Waals surface area (Å²) in [4.78, 5) is 4.65. The van der Waals surface area contributed by atoms with Crippen molar-refractivity contribution < 1.29 is 0 Å². The molecule has 3 heteroatoms. The third-order valence-electron chi connectivity index (χ3n) is 3.64. The Morgan fingerprint density at radius 2 is 2.12 bits per heavy atom. The number of hydrogen-bond donors (Lipinski definition) is 1. The molecule has 1 atom stereocenters. The molecule has 0 saturated carbocycles. The Labute approximate surface area is 104 Å². The van der Waals surface area contributed by atoms with Crippen LogP contribution < -0.4 is 15.1 Å². The first-order chi connectivity index (χ1) is 8.11. The molecule has 0 aromatic heterocycles. The minimum Gasteiger partial charge on any atom is -0.377 e. The van der Waals surface area contributed by atoms with Gasteiger partial charge in [0.25, 0.3) is 0 Å². The Balaban J connectivity index is 2.19. The van der Waals surface area contributed by atoms with E-state index in [-0.39, 0.29) is 0 Å². The molecular formula is C14H23N3. The molecular weight excluding hydrogens is 210 g/mol. The number of anilines is 2. The van der Waals surface area contributed by atoms with Crippen molar-refractivity contribution in [3.8, 4) is 0 Å². The first-order valence-electron chi connectivity index (χ1n) is 6.32. The molecule has 0 spiro atoms. The average molecular weight is 233 g/mol. The van der Waals surface area contributed by atoms with E-state index in [1.165, 1.54) is 23.4 Å². The molecule has 1 aromatic carbocycles. The lowest BCUT2D eigenvalue weighted by Gasteiger charge is -2.22. The van der Waals surface area contributed by atoms with E-state index in [9.17, 15) is 0 Å². The van der Waals surface area contributed by atoms with Crippen molar-refractivity contribution in [3.05, 3.63) is 23.8 Å². The predicted molar refractivity (Wildman–Crippen MR) is 75.2 cm³/mol. The van der Waals surface area contributed by atoms with Crippen LogP contribution in [-0.4, -0.2) is 40.3 Å². The van der Waals surface area contributed by atoms with Gasteiger partial charge in [0.1, 0.15) is 0 Å². The Morgan fingerprint density at radius 3 is 2.71 bits per heavy atom. The lowest BCUT2D eigenvalue weighted by Crippen LogP contribution is -2.29. The Kier molecular flexibility index (Phi) is 3.57. The maximum Gasteiger partial charge on any atom is 0.0411 e. The predicted octanol–water partition coefficient (Wildman–Crippen LogP) is 1.86. The number of likely N-dealkylation sites (N-methyl/N-ethyl adjacent to an activating group) is 1. The minimum atomic E-state index is 0.638. The SMILES string of the molecule is CNC1CCN(c2ccc(C)c(N(C)C)c2)C1. The van der Waals surface area contributed by atoms with E-state index < -0.39 is 0 Å². The number of benzene rings is 1. The summed E-state index contributed by atoms with van der Waals surface area (Å²) >= 11 is 0. The summed E-state index contributed by atoms with van der Waals surface area (Å²) in [5.41, 5.74) is 4.00. The number of nitrogens with one attached hydrogen (secondary N) is 1. The van der Waals surface area contributed by atoms with Crippen molar-refractivity contribution in [2.24, 2.45) is 0 Å². The van der Waals surface area contributed by atoms with E-state index >= 15 is 0 Å². The highest BCUT2D eigenvalue weighted by atomic mass is 15.2. The van der Waals surface area contributed by atoms with Crippen LogP contribution in [-0.2, 0) is 0 Å². The first-order valence-corrected chi connectivity index (χ1v) is 6.32. The molecule has 1 unspecified atom stereocenters. The van der Waals surface area contributed by atoms with Gasteiger partial charge < -0.3 is 15.1 Å². The van der Waals surface area contributed by atoms with Crippen molar-refractivity contribution in [1.29, 1.82) is 0 Å². The van der Waals surface area contributed by atoms with Gasteiger partial charge in [-0.1, -0.05) is 6.07 Å². The van der Waals surface area contributed by atoms with Crippen molar-refractivity contribution in [2.45, 2.75) is 19.4 Å². The smallest absolute Gasteiger partial charge is 0.0411 e. The molecule has 3 nitrogen and oxygen atoms in total. The quantitative estimate of drug-likeness (QED) is 0.859. The van der Waals surface area contributed by atoms with Gasteiger partial charge in [-0.05, 0) is 38.1 Å². The average Bonchev–Trinajstić information content (AvgIpc) is 2.78. The summed E-state index contributed by atoms with van der Waals surface area (Å²) < 4.78 is 0. The highest BCUT2D eigenvalue weighted by molar-refractivity contribution is 5.63. The van der Waals surface area contributed by atoms with Crippen molar-refractivity contribution in [3.63, 3.8) is 0 Å². The maximum absolute atomic E-state index is 3.36. The molecule has 0 amide bonds. The van der Waals surface area contributed by atoms with Gasteiger partial charge in [-0.2, -0.15) is 0 Å². The number of aryl methyl sites for hydroxylation is 1. The third-order valence-corrected chi connectivity index (χ3v) is 3.64. The zero-order chi connectivity index (χ0) is 12.4. The van der Waals surface area contributed by atoms with Crippen LogP contribution in [0, 0.1) is 6.92 Å². The van der Waals surface area contributed by atoms with Crippen LogP contribution in [0.25, 0.3) is 0 Å². The van der Waals surface area contributed by atoms with Gasteiger partial charge in [0, 0.05) is 44.6 Å². The largest absolute Gasteiger partial charge is 0.377 e. The van der Waals surface area contributed by atoms with E-state index in [2.05, 4.69) is 61.4 Å². The standard InChI is InChI=1S/C14H23N3/c1-11-5-6-13(9-14(11)16(3)4)17-8-7-12(10-17)15-2/h5-6,9,12,15H,7-8,10H2,1-4H3. The van der Waals surface area contributed by atoms with Crippen molar-refractivity contribution in [2.75, 3.05) is 44.0 Å². The summed E-state index contributed by atoms with van der Waals surface area (Å²) in [6, 6.07) is 7.39. The summed E-state index contributed by atoms with van der Waals surface area (Å²) in [6.07, 6.45) is 1.24. The van der Waals surface area contributed by atoms with Crippen LogP contribution in [0.5, 0.6) is 0 Å². The second kappa shape index (κ2) is 4.96. The molecule has 1 aliphatic rings. The molecule has 0 aliphatic carbocycles. The zero-order valence-corrected chi connectivity index (χ0v) is 11.3. The number of nitrogens with zero attached hydrogens (tertiary/aromatic N) is 2.